The Hall–Kier alpha value is -0.570. The molecule has 3 heteroatoms. The monoisotopic (exact) mass is 251 g/mol. The van der Waals surface area contributed by atoms with E-state index in [1.54, 1.807) is 0 Å². The number of carbonyl (C=O) groups is 1. The van der Waals surface area contributed by atoms with E-state index in [1.165, 1.54) is 32.1 Å². The van der Waals surface area contributed by atoms with Crippen LogP contribution in [-0.2, 0) is 4.79 Å². The van der Waals surface area contributed by atoms with Gasteiger partial charge in [0, 0.05) is 0 Å². The Morgan fingerprint density at radius 3 is 2.06 bits per heavy atom. The first-order chi connectivity index (χ1) is 8.54. The first kappa shape index (κ1) is 12.5. The van der Waals surface area contributed by atoms with Crippen LogP contribution in [0.15, 0.2) is 0 Å². The fraction of sp³-hybridized carbons (Fsp3) is 0.933. The van der Waals surface area contributed by atoms with Crippen LogP contribution in [0.1, 0.15) is 51.9 Å². The number of rotatable bonds is 4. The highest BCUT2D eigenvalue weighted by atomic mass is 16.4. The van der Waals surface area contributed by atoms with E-state index < -0.39 is 11.5 Å². The molecule has 0 amide bonds. The van der Waals surface area contributed by atoms with Gasteiger partial charge in [-0.15, -0.1) is 0 Å². The third kappa shape index (κ3) is 1.70. The summed E-state index contributed by atoms with van der Waals surface area (Å²) in [5.41, 5.74) is 5.42. The molecule has 0 aromatic heterocycles. The first-order valence-corrected chi connectivity index (χ1v) is 7.56. The maximum atomic E-state index is 11.7. The van der Waals surface area contributed by atoms with Gasteiger partial charge in [0.1, 0.15) is 5.54 Å². The van der Waals surface area contributed by atoms with Crippen LogP contribution in [0.3, 0.4) is 0 Å². The van der Waals surface area contributed by atoms with Gasteiger partial charge in [-0.3, -0.25) is 4.79 Å². The van der Waals surface area contributed by atoms with Gasteiger partial charge in [0.2, 0.25) is 0 Å². The maximum absolute atomic E-state index is 11.7. The van der Waals surface area contributed by atoms with Crippen LogP contribution in [0.5, 0.6) is 0 Å². The molecule has 4 saturated carbocycles. The summed E-state index contributed by atoms with van der Waals surface area (Å²) in [7, 11) is 0. The maximum Gasteiger partial charge on any atom is 0.323 e. The number of carboxylic acid groups (broad SMARTS) is 1. The average molecular weight is 251 g/mol. The van der Waals surface area contributed by atoms with E-state index in [0.29, 0.717) is 18.3 Å². The number of aliphatic carboxylic acids is 1. The summed E-state index contributed by atoms with van der Waals surface area (Å²) in [4.78, 5) is 11.7. The van der Waals surface area contributed by atoms with Gasteiger partial charge >= 0.3 is 5.97 Å². The smallest absolute Gasteiger partial charge is 0.323 e. The normalized spacial score (nSPS) is 44.9. The van der Waals surface area contributed by atoms with E-state index in [2.05, 4.69) is 0 Å². The molecular formula is C15H25NO2. The van der Waals surface area contributed by atoms with E-state index in [0.717, 1.165) is 18.3 Å². The fourth-order valence-electron chi connectivity index (χ4n) is 5.60. The van der Waals surface area contributed by atoms with Crippen LogP contribution in [0.2, 0.25) is 0 Å². The number of carboxylic acids is 1. The second-order valence-corrected chi connectivity index (χ2v) is 7.05. The number of hydrogen-bond donors (Lipinski definition) is 2. The predicted molar refractivity (Wildman–Crippen MR) is 70.0 cm³/mol. The Kier molecular flexibility index (Phi) is 2.92. The molecule has 0 saturated heterocycles. The topological polar surface area (TPSA) is 63.3 Å². The van der Waals surface area contributed by atoms with Crippen molar-refractivity contribution in [3.05, 3.63) is 0 Å². The largest absolute Gasteiger partial charge is 0.480 e. The Labute approximate surface area is 109 Å². The van der Waals surface area contributed by atoms with Crippen molar-refractivity contribution in [2.75, 3.05) is 0 Å². The summed E-state index contributed by atoms with van der Waals surface area (Å²) >= 11 is 0. The molecule has 0 aromatic carbocycles. The summed E-state index contributed by atoms with van der Waals surface area (Å²) in [6.45, 7) is 2.04. The van der Waals surface area contributed by atoms with Crippen LogP contribution in [0.25, 0.3) is 0 Å². The third-order valence-corrected chi connectivity index (χ3v) is 5.88. The lowest BCUT2D eigenvalue weighted by Gasteiger charge is -2.58. The summed E-state index contributed by atoms with van der Waals surface area (Å²) in [6, 6.07) is 0. The number of hydrogen-bond acceptors (Lipinski definition) is 2. The molecule has 102 valence electrons. The van der Waals surface area contributed by atoms with Crippen molar-refractivity contribution in [3.63, 3.8) is 0 Å². The Morgan fingerprint density at radius 1 is 1.17 bits per heavy atom. The minimum atomic E-state index is -0.961. The zero-order valence-corrected chi connectivity index (χ0v) is 11.3. The van der Waals surface area contributed by atoms with Crippen molar-refractivity contribution in [3.8, 4) is 0 Å². The van der Waals surface area contributed by atoms with Crippen molar-refractivity contribution in [2.24, 2.45) is 35.3 Å². The fourth-order valence-corrected chi connectivity index (χ4v) is 5.60. The van der Waals surface area contributed by atoms with Gasteiger partial charge in [-0.2, -0.15) is 0 Å². The molecule has 4 rings (SSSR count). The lowest BCUT2D eigenvalue weighted by atomic mass is 9.48. The van der Waals surface area contributed by atoms with Gasteiger partial charge in [0.15, 0.2) is 0 Å². The summed E-state index contributed by atoms with van der Waals surface area (Å²) in [5.74, 6) is 2.42. The molecule has 4 bridgehead atoms. The Bertz CT molecular complexity index is 326. The minimum Gasteiger partial charge on any atom is -0.480 e. The van der Waals surface area contributed by atoms with Crippen LogP contribution in [0, 0.1) is 29.6 Å². The molecule has 4 fully saturated rings. The molecule has 3 N–H and O–H groups in total. The molecule has 0 heterocycles. The average Bonchev–Trinajstić information content (AvgIpc) is 2.27. The van der Waals surface area contributed by atoms with Gasteiger partial charge in [-0.1, -0.05) is 13.3 Å². The molecule has 4 aliphatic rings. The lowest BCUT2D eigenvalue weighted by Crippen LogP contribution is -2.63. The number of nitrogens with two attached hydrogens (primary N) is 1. The van der Waals surface area contributed by atoms with Crippen molar-refractivity contribution < 1.29 is 9.90 Å². The lowest BCUT2D eigenvalue weighted by molar-refractivity contribution is -0.155. The second-order valence-electron chi connectivity index (χ2n) is 7.05. The highest BCUT2D eigenvalue weighted by Crippen LogP contribution is 2.59. The molecule has 0 radical (unpaired) electrons. The van der Waals surface area contributed by atoms with E-state index in [4.69, 9.17) is 5.73 Å². The molecule has 0 aromatic rings. The quantitative estimate of drug-likeness (QED) is 0.807. The van der Waals surface area contributed by atoms with Gasteiger partial charge in [0.05, 0.1) is 0 Å². The third-order valence-electron chi connectivity index (χ3n) is 5.88. The van der Waals surface area contributed by atoms with E-state index >= 15 is 0 Å². The molecule has 18 heavy (non-hydrogen) atoms. The Morgan fingerprint density at radius 2 is 1.67 bits per heavy atom. The van der Waals surface area contributed by atoms with Crippen molar-refractivity contribution in [2.45, 2.75) is 57.4 Å². The van der Waals surface area contributed by atoms with Crippen molar-refractivity contribution in [1.82, 2.24) is 0 Å². The standard InChI is InChI=1S/C15H25NO2/c1-2-3-15(16,14(17)18)13-11-5-9-4-10(7-11)8-12(13)6-9/h9-13H,2-8,16H2,1H3,(H,17,18). The van der Waals surface area contributed by atoms with Gasteiger partial charge < -0.3 is 10.8 Å². The van der Waals surface area contributed by atoms with Crippen molar-refractivity contribution in [1.29, 1.82) is 0 Å². The van der Waals surface area contributed by atoms with E-state index in [1.807, 2.05) is 6.92 Å². The van der Waals surface area contributed by atoms with Crippen LogP contribution in [0.4, 0.5) is 0 Å². The highest BCUT2D eigenvalue weighted by Gasteiger charge is 2.56. The molecule has 0 aliphatic heterocycles. The SMILES string of the molecule is CCCC(N)(C(=O)O)C1C2CC3CC(C2)CC1C3. The summed E-state index contributed by atoms with van der Waals surface area (Å²) in [5, 5.41) is 9.62. The Balaban J connectivity index is 1.88. The van der Waals surface area contributed by atoms with Crippen molar-refractivity contribution >= 4 is 5.97 Å². The van der Waals surface area contributed by atoms with Gasteiger partial charge in [-0.25, -0.2) is 0 Å². The van der Waals surface area contributed by atoms with Crippen LogP contribution < -0.4 is 5.73 Å². The first-order valence-electron chi connectivity index (χ1n) is 7.56. The molecule has 3 nitrogen and oxygen atoms in total. The molecule has 1 atom stereocenters. The molecular weight excluding hydrogens is 226 g/mol. The van der Waals surface area contributed by atoms with Gasteiger partial charge in [-0.05, 0) is 68.1 Å². The van der Waals surface area contributed by atoms with Crippen LogP contribution >= 0.6 is 0 Å². The summed E-state index contributed by atoms with van der Waals surface area (Å²) in [6.07, 6.45) is 7.88. The molecule has 4 aliphatic carbocycles. The molecule has 0 spiro atoms. The van der Waals surface area contributed by atoms with Gasteiger partial charge in [0.25, 0.3) is 0 Å². The summed E-state index contributed by atoms with van der Waals surface area (Å²) < 4.78 is 0. The van der Waals surface area contributed by atoms with Crippen LogP contribution in [-0.4, -0.2) is 16.6 Å². The molecule has 1 unspecified atom stereocenters. The van der Waals surface area contributed by atoms with E-state index in [9.17, 15) is 9.90 Å². The zero-order valence-electron chi connectivity index (χ0n) is 11.3. The second kappa shape index (κ2) is 4.22. The minimum absolute atomic E-state index is 0.239. The van der Waals surface area contributed by atoms with E-state index in [-0.39, 0.29) is 5.92 Å². The predicted octanol–water partition coefficient (Wildman–Crippen LogP) is 2.64. The zero-order chi connectivity index (χ0) is 12.9. The highest BCUT2D eigenvalue weighted by molar-refractivity contribution is 5.79.